The van der Waals surface area contributed by atoms with E-state index in [4.69, 9.17) is 20.9 Å². The van der Waals surface area contributed by atoms with Crippen molar-refractivity contribution in [1.82, 2.24) is 0 Å². The number of aryl methyl sites for hydroxylation is 1. The average molecular weight is 371 g/mol. The summed E-state index contributed by atoms with van der Waals surface area (Å²) in [6, 6.07) is 13.2. The molecule has 0 aliphatic carbocycles. The molecule has 0 aliphatic rings. The maximum Gasteiger partial charge on any atom is 0.241 e. The summed E-state index contributed by atoms with van der Waals surface area (Å²) in [4.78, 5) is 0. The van der Waals surface area contributed by atoms with Crippen molar-refractivity contribution in [3.8, 4) is 11.5 Å². The second-order valence-corrected chi connectivity index (χ2v) is 7.16. The minimum atomic E-state index is -0.327. The summed E-state index contributed by atoms with van der Waals surface area (Å²) in [5.41, 5.74) is 14.2. The third kappa shape index (κ3) is 7.81. The summed E-state index contributed by atoms with van der Waals surface area (Å²) in [5.74, 6) is 1.55. The highest BCUT2D eigenvalue weighted by Crippen LogP contribution is 2.23. The topological polar surface area (TPSA) is 70.5 Å². The van der Waals surface area contributed by atoms with Crippen molar-refractivity contribution in [1.29, 1.82) is 0 Å². The third-order valence-corrected chi connectivity index (χ3v) is 4.70. The van der Waals surface area contributed by atoms with E-state index in [0.717, 1.165) is 41.3 Å². The van der Waals surface area contributed by atoms with Crippen LogP contribution in [-0.2, 0) is 0 Å². The molecule has 0 amide bonds. The van der Waals surface area contributed by atoms with Gasteiger partial charge in [0.1, 0.15) is 11.5 Å². The van der Waals surface area contributed by atoms with E-state index in [0.29, 0.717) is 0 Å². The molecule has 0 saturated carbocycles. The van der Waals surface area contributed by atoms with Crippen molar-refractivity contribution < 1.29 is 9.47 Å². The van der Waals surface area contributed by atoms with Crippen molar-refractivity contribution >= 4 is 11.4 Å². The van der Waals surface area contributed by atoms with Gasteiger partial charge in [-0.25, -0.2) is 0 Å². The summed E-state index contributed by atoms with van der Waals surface area (Å²) >= 11 is 0. The number of nitrogen functional groups attached to an aromatic ring is 2. The quantitative estimate of drug-likeness (QED) is 0.270. The Morgan fingerprint density at radius 3 is 2.04 bits per heavy atom. The Morgan fingerprint density at radius 2 is 1.37 bits per heavy atom. The number of ether oxygens (including phenoxy) is 2. The highest BCUT2D eigenvalue weighted by atomic mass is 16.7. The molecule has 2 rings (SSSR count). The maximum absolute atomic E-state index is 6.12. The monoisotopic (exact) mass is 370 g/mol. The third-order valence-electron chi connectivity index (χ3n) is 4.70. The van der Waals surface area contributed by atoms with Gasteiger partial charge in [-0.1, -0.05) is 45.4 Å². The minimum Gasteiger partial charge on any atom is -0.455 e. The van der Waals surface area contributed by atoms with E-state index in [-0.39, 0.29) is 6.29 Å². The van der Waals surface area contributed by atoms with Crippen LogP contribution in [0.3, 0.4) is 0 Å². The van der Waals surface area contributed by atoms with Gasteiger partial charge in [-0.05, 0) is 61.4 Å². The Balaban J connectivity index is 1.90. The van der Waals surface area contributed by atoms with E-state index in [1.807, 2.05) is 49.4 Å². The molecule has 0 aromatic heterocycles. The van der Waals surface area contributed by atoms with Crippen LogP contribution in [0.5, 0.6) is 11.5 Å². The van der Waals surface area contributed by atoms with Crippen LogP contribution >= 0.6 is 0 Å². The van der Waals surface area contributed by atoms with Crippen LogP contribution in [0.2, 0.25) is 0 Å². The van der Waals surface area contributed by atoms with Crippen LogP contribution in [0.15, 0.2) is 42.5 Å². The molecule has 1 unspecified atom stereocenters. The molecule has 0 spiro atoms. The largest absolute Gasteiger partial charge is 0.455 e. The number of unbranched alkanes of at least 4 members (excludes halogenated alkanes) is 6. The van der Waals surface area contributed by atoms with Crippen molar-refractivity contribution in [2.24, 2.45) is 0 Å². The SMILES string of the molecule is CCCCCCCCCC(Oc1ccc(N)cc1)Oc1ccc(N)c(C)c1. The zero-order valence-corrected chi connectivity index (χ0v) is 16.7. The predicted molar refractivity (Wildman–Crippen MR) is 114 cm³/mol. The molecule has 0 radical (unpaired) electrons. The first-order valence-electron chi connectivity index (χ1n) is 10.1. The normalized spacial score (nSPS) is 11.9. The second kappa shape index (κ2) is 11.4. The molecular weight excluding hydrogens is 336 g/mol. The molecule has 4 heteroatoms. The van der Waals surface area contributed by atoms with Gasteiger partial charge in [-0.3, -0.25) is 0 Å². The summed E-state index contributed by atoms with van der Waals surface area (Å²) in [6.07, 6.45) is 9.35. The Hall–Kier alpha value is -2.36. The molecule has 2 aromatic rings. The minimum absolute atomic E-state index is 0.327. The summed E-state index contributed by atoms with van der Waals surface area (Å²) < 4.78 is 12.2. The van der Waals surface area contributed by atoms with E-state index in [9.17, 15) is 0 Å². The van der Waals surface area contributed by atoms with Crippen LogP contribution in [0.1, 0.15) is 63.9 Å². The highest BCUT2D eigenvalue weighted by Gasteiger charge is 2.13. The van der Waals surface area contributed by atoms with Crippen LogP contribution in [0.25, 0.3) is 0 Å². The molecule has 0 heterocycles. The second-order valence-electron chi connectivity index (χ2n) is 7.16. The van der Waals surface area contributed by atoms with Crippen LogP contribution in [-0.4, -0.2) is 6.29 Å². The Labute approximate surface area is 163 Å². The van der Waals surface area contributed by atoms with E-state index >= 15 is 0 Å². The van der Waals surface area contributed by atoms with Crippen molar-refractivity contribution in [2.75, 3.05) is 11.5 Å². The molecule has 148 valence electrons. The fraction of sp³-hybridized carbons (Fsp3) is 0.478. The van der Waals surface area contributed by atoms with Gasteiger partial charge in [0, 0.05) is 17.8 Å². The molecule has 1 atom stereocenters. The van der Waals surface area contributed by atoms with Crippen LogP contribution in [0.4, 0.5) is 11.4 Å². The number of benzene rings is 2. The Bertz CT molecular complexity index is 671. The molecule has 0 bridgehead atoms. The standard InChI is InChI=1S/C23H34N2O2/c1-3-4-5-6-7-8-9-10-23(26-20-13-11-19(24)12-14-20)27-21-15-16-22(25)18(2)17-21/h11-17,23H,3-10,24-25H2,1-2H3. The summed E-state index contributed by atoms with van der Waals surface area (Å²) in [5, 5.41) is 0. The predicted octanol–water partition coefficient (Wildman–Crippen LogP) is 6.08. The average Bonchev–Trinajstić information content (AvgIpc) is 2.65. The lowest BCUT2D eigenvalue weighted by atomic mass is 10.1. The molecule has 4 N–H and O–H groups in total. The molecule has 27 heavy (non-hydrogen) atoms. The van der Waals surface area contributed by atoms with Gasteiger partial charge in [-0.15, -0.1) is 0 Å². The number of nitrogens with two attached hydrogens (primary N) is 2. The molecule has 0 aliphatic heterocycles. The number of hydrogen-bond acceptors (Lipinski definition) is 4. The zero-order chi connectivity index (χ0) is 19.5. The number of anilines is 2. The van der Waals surface area contributed by atoms with E-state index in [1.54, 1.807) is 0 Å². The van der Waals surface area contributed by atoms with Crippen molar-refractivity contribution in [3.63, 3.8) is 0 Å². The van der Waals surface area contributed by atoms with Crippen molar-refractivity contribution in [2.45, 2.75) is 71.5 Å². The van der Waals surface area contributed by atoms with Gasteiger partial charge < -0.3 is 20.9 Å². The van der Waals surface area contributed by atoms with Gasteiger partial charge in [0.05, 0.1) is 0 Å². The van der Waals surface area contributed by atoms with Gasteiger partial charge in [-0.2, -0.15) is 0 Å². The fourth-order valence-corrected chi connectivity index (χ4v) is 2.98. The van der Waals surface area contributed by atoms with Gasteiger partial charge in [0.15, 0.2) is 0 Å². The first kappa shape index (κ1) is 20.9. The number of hydrogen-bond donors (Lipinski definition) is 2. The summed E-state index contributed by atoms with van der Waals surface area (Å²) in [6.45, 7) is 4.23. The lowest BCUT2D eigenvalue weighted by Gasteiger charge is -2.21. The molecule has 4 nitrogen and oxygen atoms in total. The van der Waals surface area contributed by atoms with Gasteiger partial charge >= 0.3 is 0 Å². The smallest absolute Gasteiger partial charge is 0.241 e. The van der Waals surface area contributed by atoms with Crippen molar-refractivity contribution in [3.05, 3.63) is 48.0 Å². The van der Waals surface area contributed by atoms with E-state index < -0.39 is 0 Å². The Morgan fingerprint density at radius 1 is 0.778 bits per heavy atom. The van der Waals surface area contributed by atoms with E-state index in [1.165, 1.54) is 38.5 Å². The fourth-order valence-electron chi connectivity index (χ4n) is 2.98. The molecule has 2 aromatic carbocycles. The first-order valence-corrected chi connectivity index (χ1v) is 10.1. The Kier molecular flexibility index (Phi) is 8.82. The van der Waals surface area contributed by atoms with E-state index in [2.05, 4.69) is 6.92 Å². The highest BCUT2D eigenvalue weighted by molar-refractivity contribution is 5.49. The summed E-state index contributed by atoms with van der Waals surface area (Å²) in [7, 11) is 0. The lowest BCUT2D eigenvalue weighted by molar-refractivity contribution is -0.00246. The number of rotatable bonds is 12. The van der Waals surface area contributed by atoms with Gasteiger partial charge in [0.25, 0.3) is 0 Å². The first-order chi connectivity index (χ1) is 13.1. The molecular formula is C23H34N2O2. The maximum atomic E-state index is 6.12. The lowest BCUT2D eigenvalue weighted by Crippen LogP contribution is -2.24. The van der Waals surface area contributed by atoms with Gasteiger partial charge in [0.2, 0.25) is 6.29 Å². The van der Waals surface area contributed by atoms with Crippen LogP contribution < -0.4 is 20.9 Å². The zero-order valence-electron chi connectivity index (χ0n) is 16.7. The van der Waals surface area contributed by atoms with Crippen LogP contribution in [0, 0.1) is 6.92 Å². The molecule has 0 saturated heterocycles. The molecule has 0 fully saturated rings.